The van der Waals surface area contributed by atoms with Crippen LogP contribution in [0.25, 0.3) is 0 Å². The molecule has 2 heteroatoms. The molecular formula is C17H26N2. The average Bonchev–Trinajstić information content (AvgIpc) is 2.68. The van der Waals surface area contributed by atoms with Gasteiger partial charge in [0.05, 0.1) is 0 Å². The maximum atomic E-state index is 6.24. The second kappa shape index (κ2) is 5.26. The van der Waals surface area contributed by atoms with Crippen LogP contribution in [0.2, 0.25) is 0 Å². The van der Waals surface area contributed by atoms with Gasteiger partial charge in [0, 0.05) is 12.1 Å². The predicted molar refractivity (Wildman–Crippen MR) is 80.1 cm³/mol. The van der Waals surface area contributed by atoms with Gasteiger partial charge in [0.15, 0.2) is 0 Å². The molecule has 0 radical (unpaired) electrons. The van der Waals surface area contributed by atoms with E-state index in [0.717, 1.165) is 24.9 Å². The summed E-state index contributed by atoms with van der Waals surface area (Å²) in [6.45, 7) is 4.13. The van der Waals surface area contributed by atoms with Crippen LogP contribution in [0.5, 0.6) is 0 Å². The molecule has 1 fully saturated rings. The summed E-state index contributed by atoms with van der Waals surface area (Å²) < 4.78 is 0. The Hall–Kier alpha value is -0.860. The molecule has 1 aromatic carbocycles. The van der Waals surface area contributed by atoms with E-state index < -0.39 is 0 Å². The molecule has 2 nitrogen and oxygen atoms in total. The van der Waals surface area contributed by atoms with Crippen LogP contribution in [-0.4, -0.2) is 18.6 Å². The first-order chi connectivity index (χ1) is 9.30. The standard InChI is InChI=1S/C17H26N2/c1-2-9-19-17(12-18)15-7-8-16(17)11-14-6-4-3-5-13(14)10-15/h3-6,15-16,19H,2,7-12,18H2,1H3. The summed E-state index contributed by atoms with van der Waals surface area (Å²) >= 11 is 0. The highest BCUT2D eigenvalue weighted by atomic mass is 15.0. The first-order valence-corrected chi connectivity index (χ1v) is 7.82. The maximum Gasteiger partial charge on any atom is 0.0367 e. The zero-order valence-corrected chi connectivity index (χ0v) is 12.0. The number of rotatable bonds is 4. The maximum absolute atomic E-state index is 6.24. The first kappa shape index (κ1) is 13.1. The average molecular weight is 258 g/mol. The summed E-state index contributed by atoms with van der Waals surface area (Å²) in [5.41, 5.74) is 9.55. The van der Waals surface area contributed by atoms with Gasteiger partial charge in [0.25, 0.3) is 0 Å². The zero-order chi connectivity index (χ0) is 13.3. The van der Waals surface area contributed by atoms with Gasteiger partial charge >= 0.3 is 0 Å². The van der Waals surface area contributed by atoms with Crippen LogP contribution in [0, 0.1) is 11.8 Å². The largest absolute Gasteiger partial charge is 0.329 e. The van der Waals surface area contributed by atoms with Gasteiger partial charge in [-0.3, -0.25) is 0 Å². The number of fused-ring (bicyclic) bond motifs is 3. The van der Waals surface area contributed by atoms with E-state index in [0.29, 0.717) is 0 Å². The molecular weight excluding hydrogens is 232 g/mol. The van der Waals surface area contributed by atoms with E-state index in [1.165, 1.54) is 32.1 Å². The monoisotopic (exact) mass is 258 g/mol. The van der Waals surface area contributed by atoms with Gasteiger partial charge in [-0.2, -0.15) is 0 Å². The third-order valence-corrected chi connectivity index (χ3v) is 5.41. The van der Waals surface area contributed by atoms with Gasteiger partial charge in [0.2, 0.25) is 0 Å². The lowest BCUT2D eigenvalue weighted by Gasteiger charge is -2.39. The van der Waals surface area contributed by atoms with Crippen molar-refractivity contribution in [3.8, 4) is 0 Å². The van der Waals surface area contributed by atoms with Crippen LogP contribution in [-0.2, 0) is 12.8 Å². The van der Waals surface area contributed by atoms with Crippen LogP contribution >= 0.6 is 0 Å². The lowest BCUT2D eigenvalue weighted by molar-refractivity contribution is 0.195. The quantitative estimate of drug-likeness (QED) is 0.871. The van der Waals surface area contributed by atoms with Crippen molar-refractivity contribution < 1.29 is 0 Å². The van der Waals surface area contributed by atoms with Gasteiger partial charge in [-0.1, -0.05) is 31.2 Å². The van der Waals surface area contributed by atoms with Gasteiger partial charge in [-0.25, -0.2) is 0 Å². The topological polar surface area (TPSA) is 38.0 Å². The SMILES string of the molecule is CCCNC1(CN)C2CCC1Cc1ccccc1C2. The normalized spacial score (nSPS) is 32.9. The number of hydrogen-bond acceptors (Lipinski definition) is 2. The second-order valence-electron chi connectivity index (χ2n) is 6.32. The van der Waals surface area contributed by atoms with Crippen molar-refractivity contribution in [1.29, 1.82) is 0 Å². The smallest absolute Gasteiger partial charge is 0.0367 e. The van der Waals surface area contributed by atoms with E-state index in [9.17, 15) is 0 Å². The van der Waals surface area contributed by atoms with E-state index in [-0.39, 0.29) is 5.54 Å². The van der Waals surface area contributed by atoms with Crippen LogP contribution in [0.3, 0.4) is 0 Å². The van der Waals surface area contributed by atoms with Gasteiger partial charge in [-0.05, 0) is 61.6 Å². The molecule has 3 rings (SSSR count). The summed E-state index contributed by atoms with van der Waals surface area (Å²) in [6.07, 6.45) is 6.29. The van der Waals surface area contributed by atoms with Gasteiger partial charge < -0.3 is 11.1 Å². The highest BCUT2D eigenvalue weighted by Crippen LogP contribution is 2.46. The van der Waals surface area contributed by atoms with Crippen LogP contribution in [0.4, 0.5) is 0 Å². The third-order valence-electron chi connectivity index (χ3n) is 5.41. The number of hydrogen-bond donors (Lipinski definition) is 2. The molecule has 104 valence electrons. The summed E-state index contributed by atoms with van der Waals surface area (Å²) in [5, 5.41) is 3.85. The van der Waals surface area contributed by atoms with Crippen molar-refractivity contribution >= 4 is 0 Å². The molecule has 2 aliphatic rings. The fourth-order valence-electron chi connectivity index (χ4n) is 4.36. The Labute approximate surface area is 116 Å². The molecule has 0 saturated heterocycles. The van der Waals surface area contributed by atoms with E-state index in [4.69, 9.17) is 5.73 Å². The molecule has 0 spiro atoms. The first-order valence-electron chi connectivity index (χ1n) is 7.82. The van der Waals surface area contributed by atoms with Gasteiger partial charge in [-0.15, -0.1) is 0 Å². The summed E-state index contributed by atoms with van der Waals surface area (Å²) in [4.78, 5) is 0. The van der Waals surface area contributed by atoms with Crippen molar-refractivity contribution in [2.45, 2.75) is 44.6 Å². The van der Waals surface area contributed by atoms with E-state index >= 15 is 0 Å². The Bertz CT molecular complexity index is 408. The van der Waals surface area contributed by atoms with Crippen LogP contribution in [0.15, 0.2) is 24.3 Å². The minimum absolute atomic E-state index is 0.190. The van der Waals surface area contributed by atoms with Crippen molar-refractivity contribution in [2.24, 2.45) is 17.6 Å². The molecule has 1 aromatic rings. The number of nitrogens with two attached hydrogens (primary N) is 1. The Kier molecular flexibility index (Phi) is 3.64. The Morgan fingerprint density at radius 2 is 1.74 bits per heavy atom. The molecule has 1 saturated carbocycles. The minimum Gasteiger partial charge on any atom is -0.329 e. The second-order valence-corrected chi connectivity index (χ2v) is 6.32. The molecule has 0 amide bonds. The molecule has 2 unspecified atom stereocenters. The summed E-state index contributed by atoms with van der Waals surface area (Å²) in [5.74, 6) is 1.44. The van der Waals surface area contributed by atoms with Crippen molar-refractivity contribution in [2.75, 3.05) is 13.1 Å². The fourth-order valence-corrected chi connectivity index (χ4v) is 4.36. The van der Waals surface area contributed by atoms with E-state index in [1.54, 1.807) is 11.1 Å². The predicted octanol–water partition coefficient (Wildman–Crippen LogP) is 2.51. The highest BCUT2D eigenvalue weighted by Gasteiger charge is 2.50. The van der Waals surface area contributed by atoms with Crippen molar-refractivity contribution in [3.05, 3.63) is 35.4 Å². The molecule has 2 aliphatic carbocycles. The fraction of sp³-hybridized carbons (Fsp3) is 0.647. The molecule has 2 bridgehead atoms. The zero-order valence-electron chi connectivity index (χ0n) is 12.0. The highest BCUT2D eigenvalue weighted by molar-refractivity contribution is 5.32. The summed E-state index contributed by atoms with van der Waals surface area (Å²) in [7, 11) is 0. The number of benzene rings is 1. The number of nitrogens with one attached hydrogen (secondary N) is 1. The molecule has 0 aliphatic heterocycles. The van der Waals surface area contributed by atoms with E-state index in [2.05, 4.69) is 36.5 Å². The summed E-state index contributed by atoms with van der Waals surface area (Å²) in [6, 6.07) is 9.00. The molecule has 0 aromatic heterocycles. The van der Waals surface area contributed by atoms with Gasteiger partial charge in [0.1, 0.15) is 0 Å². The Morgan fingerprint density at radius 1 is 1.16 bits per heavy atom. The molecule has 0 heterocycles. The molecule has 2 atom stereocenters. The van der Waals surface area contributed by atoms with Crippen LogP contribution in [0.1, 0.15) is 37.3 Å². The lowest BCUT2D eigenvalue weighted by atomic mass is 9.78. The molecule has 3 N–H and O–H groups in total. The van der Waals surface area contributed by atoms with Crippen molar-refractivity contribution in [3.63, 3.8) is 0 Å². The lowest BCUT2D eigenvalue weighted by Crippen LogP contribution is -2.58. The van der Waals surface area contributed by atoms with Crippen LogP contribution < -0.4 is 11.1 Å². The minimum atomic E-state index is 0.190. The third kappa shape index (κ3) is 2.11. The molecule has 19 heavy (non-hydrogen) atoms. The van der Waals surface area contributed by atoms with E-state index in [1.807, 2.05) is 0 Å². The van der Waals surface area contributed by atoms with Crippen molar-refractivity contribution in [1.82, 2.24) is 5.32 Å². The Morgan fingerprint density at radius 3 is 2.21 bits per heavy atom. The Balaban J connectivity index is 1.93.